The van der Waals surface area contributed by atoms with E-state index in [0.717, 1.165) is 29.6 Å². The van der Waals surface area contributed by atoms with Gasteiger partial charge in [0.05, 0.1) is 5.56 Å². The number of nitrogens with zero attached hydrogens (tertiary/aromatic N) is 2. The number of aryl methyl sites for hydroxylation is 2. The third kappa shape index (κ3) is 3.42. The van der Waals surface area contributed by atoms with Gasteiger partial charge in [0.15, 0.2) is 0 Å². The van der Waals surface area contributed by atoms with Gasteiger partial charge in [-0.25, -0.2) is 9.78 Å². The molecule has 0 fully saturated rings. The summed E-state index contributed by atoms with van der Waals surface area (Å²) >= 11 is 0. The molecule has 0 saturated carbocycles. The Labute approximate surface area is 150 Å². The van der Waals surface area contributed by atoms with E-state index in [9.17, 15) is 19.5 Å². The minimum atomic E-state index is -1.10. The summed E-state index contributed by atoms with van der Waals surface area (Å²) in [6, 6.07) is 8.61. The van der Waals surface area contributed by atoms with Crippen molar-refractivity contribution in [3.8, 4) is 0 Å². The van der Waals surface area contributed by atoms with Crippen LogP contribution in [0, 0.1) is 0 Å². The van der Waals surface area contributed by atoms with Crippen LogP contribution in [-0.4, -0.2) is 42.0 Å². The largest absolute Gasteiger partial charge is 0.478 e. The molecule has 134 valence electrons. The maximum absolute atomic E-state index is 11.8. The molecular formula is C19H19N3O4. The van der Waals surface area contributed by atoms with Crippen molar-refractivity contribution in [1.82, 2.24) is 10.3 Å². The van der Waals surface area contributed by atoms with Gasteiger partial charge in [-0.1, -0.05) is 12.1 Å². The topological polar surface area (TPSA) is 99.6 Å². The maximum atomic E-state index is 11.8. The van der Waals surface area contributed by atoms with E-state index in [4.69, 9.17) is 0 Å². The minimum Gasteiger partial charge on any atom is -0.478 e. The van der Waals surface area contributed by atoms with Crippen LogP contribution in [0.5, 0.6) is 0 Å². The van der Waals surface area contributed by atoms with Gasteiger partial charge in [-0.3, -0.25) is 9.59 Å². The number of amides is 2. The predicted molar refractivity (Wildman–Crippen MR) is 95.6 cm³/mol. The quantitative estimate of drug-likeness (QED) is 0.766. The van der Waals surface area contributed by atoms with E-state index in [1.807, 2.05) is 18.2 Å². The normalized spacial score (nSPS) is 12.6. The van der Waals surface area contributed by atoms with Gasteiger partial charge in [0.2, 0.25) is 6.41 Å². The van der Waals surface area contributed by atoms with Crippen LogP contribution < -0.4 is 10.2 Å². The predicted octanol–water partition coefficient (Wildman–Crippen LogP) is 1.44. The number of carboxylic acid groups (broad SMARTS) is 1. The summed E-state index contributed by atoms with van der Waals surface area (Å²) in [6.45, 7) is 0.670. The molecule has 0 bridgehead atoms. The molecule has 2 aromatic rings. The molecule has 1 aliphatic heterocycles. The van der Waals surface area contributed by atoms with Crippen molar-refractivity contribution in [2.75, 3.05) is 18.5 Å². The number of anilines is 1. The molecule has 3 rings (SSSR count). The van der Waals surface area contributed by atoms with Crippen molar-refractivity contribution in [1.29, 1.82) is 0 Å². The molecule has 0 atom stereocenters. The van der Waals surface area contributed by atoms with Gasteiger partial charge in [0.25, 0.3) is 5.91 Å². The van der Waals surface area contributed by atoms with Gasteiger partial charge in [-0.05, 0) is 48.6 Å². The van der Waals surface area contributed by atoms with E-state index in [2.05, 4.69) is 10.3 Å². The van der Waals surface area contributed by atoms with Crippen LogP contribution in [0.4, 0.5) is 5.69 Å². The number of nitrogens with one attached hydrogen (secondary N) is 1. The lowest BCUT2D eigenvalue weighted by atomic mass is 9.99. The summed E-state index contributed by atoms with van der Waals surface area (Å²) in [5, 5.41) is 11.7. The molecule has 0 radical (unpaired) electrons. The van der Waals surface area contributed by atoms with Crippen molar-refractivity contribution in [3.05, 3.63) is 58.4 Å². The summed E-state index contributed by atoms with van der Waals surface area (Å²) in [6.07, 6.45) is 2.79. The molecule has 0 unspecified atom stereocenters. The molecule has 0 spiro atoms. The van der Waals surface area contributed by atoms with Crippen LogP contribution in [0.15, 0.2) is 30.3 Å². The van der Waals surface area contributed by atoms with Gasteiger partial charge in [0, 0.05) is 25.0 Å². The maximum Gasteiger partial charge on any atom is 0.335 e. The summed E-state index contributed by atoms with van der Waals surface area (Å²) in [5.74, 6) is -1.52. The Morgan fingerprint density at radius 1 is 1.31 bits per heavy atom. The second-order valence-electron chi connectivity index (χ2n) is 6.08. The molecule has 7 heteroatoms. The molecule has 1 aliphatic rings. The summed E-state index contributed by atoms with van der Waals surface area (Å²) < 4.78 is 0. The average molecular weight is 353 g/mol. The smallest absolute Gasteiger partial charge is 0.335 e. The fraction of sp³-hybridized carbons (Fsp3) is 0.263. The number of benzene rings is 1. The van der Waals surface area contributed by atoms with Crippen LogP contribution in [0.25, 0.3) is 0 Å². The van der Waals surface area contributed by atoms with E-state index < -0.39 is 11.9 Å². The zero-order chi connectivity index (χ0) is 18.7. The summed E-state index contributed by atoms with van der Waals surface area (Å²) in [5.41, 5.74) is 3.85. The molecule has 1 aromatic heterocycles. The number of aromatic carboxylic acids is 1. The number of carboxylic acids is 1. The fourth-order valence-corrected chi connectivity index (χ4v) is 3.22. The second kappa shape index (κ2) is 7.35. The van der Waals surface area contributed by atoms with E-state index in [-0.39, 0.29) is 11.3 Å². The van der Waals surface area contributed by atoms with Gasteiger partial charge in [-0.15, -0.1) is 0 Å². The van der Waals surface area contributed by atoms with Gasteiger partial charge in [-0.2, -0.15) is 0 Å². The number of aromatic nitrogens is 1. The van der Waals surface area contributed by atoms with Crippen LogP contribution >= 0.6 is 0 Å². The Balaban J connectivity index is 1.85. The van der Waals surface area contributed by atoms with Crippen LogP contribution in [-0.2, 0) is 24.1 Å². The zero-order valence-electron chi connectivity index (χ0n) is 14.4. The van der Waals surface area contributed by atoms with Gasteiger partial charge >= 0.3 is 5.97 Å². The summed E-state index contributed by atoms with van der Waals surface area (Å²) in [7, 11) is 1.48. The summed E-state index contributed by atoms with van der Waals surface area (Å²) in [4.78, 5) is 40.2. The number of fused-ring (bicyclic) bond motifs is 1. The number of pyridine rings is 1. The fourth-order valence-electron chi connectivity index (χ4n) is 3.22. The molecule has 1 aromatic carbocycles. The SMILES string of the molecule is CNC(=O)c1cc(C(=O)O)cc(CCc2cccc3c2CCN3C=O)n1. The monoisotopic (exact) mass is 353 g/mol. The third-order valence-corrected chi connectivity index (χ3v) is 4.52. The average Bonchev–Trinajstić information content (AvgIpc) is 3.09. The van der Waals surface area contributed by atoms with E-state index in [0.29, 0.717) is 25.1 Å². The van der Waals surface area contributed by atoms with Gasteiger partial charge in [0.1, 0.15) is 5.69 Å². The molecule has 2 heterocycles. The molecule has 0 aliphatic carbocycles. The van der Waals surface area contributed by atoms with Crippen molar-refractivity contribution in [2.24, 2.45) is 0 Å². The lowest BCUT2D eigenvalue weighted by Crippen LogP contribution is -2.20. The van der Waals surface area contributed by atoms with Crippen LogP contribution in [0.2, 0.25) is 0 Å². The van der Waals surface area contributed by atoms with Crippen molar-refractivity contribution < 1.29 is 19.5 Å². The van der Waals surface area contributed by atoms with Gasteiger partial charge < -0.3 is 15.3 Å². The first-order valence-corrected chi connectivity index (χ1v) is 8.32. The molecule has 2 N–H and O–H groups in total. The highest BCUT2D eigenvalue weighted by molar-refractivity contribution is 5.95. The molecule has 0 saturated heterocycles. The number of hydrogen-bond donors (Lipinski definition) is 2. The zero-order valence-corrected chi connectivity index (χ0v) is 14.4. The second-order valence-corrected chi connectivity index (χ2v) is 6.08. The van der Waals surface area contributed by atoms with E-state index in [1.54, 1.807) is 4.90 Å². The van der Waals surface area contributed by atoms with Crippen LogP contribution in [0.1, 0.15) is 37.7 Å². The lowest BCUT2D eigenvalue weighted by molar-refractivity contribution is -0.107. The van der Waals surface area contributed by atoms with Crippen molar-refractivity contribution >= 4 is 24.0 Å². The highest BCUT2D eigenvalue weighted by Crippen LogP contribution is 2.30. The molecule has 26 heavy (non-hydrogen) atoms. The number of rotatable bonds is 6. The van der Waals surface area contributed by atoms with Crippen LogP contribution in [0.3, 0.4) is 0 Å². The molecule has 2 amide bonds. The lowest BCUT2D eigenvalue weighted by Gasteiger charge is -2.12. The Morgan fingerprint density at radius 2 is 2.12 bits per heavy atom. The first-order valence-electron chi connectivity index (χ1n) is 8.32. The minimum absolute atomic E-state index is 0.0408. The Bertz CT molecular complexity index is 879. The van der Waals surface area contributed by atoms with Crippen molar-refractivity contribution in [3.63, 3.8) is 0 Å². The first kappa shape index (κ1) is 17.6. The number of carbonyl (C=O) groups excluding carboxylic acids is 2. The Kier molecular flexibility index (Phi) is 4.97. The number of hydrogen-bond acceptors (Lipinski definition) is 4. The van der Waals surface area contributed by atoms with E-state index in [1.165, 1.54) is 19.2 Å². The Morgan fingerprint density at radius 3 is 2.81 bits per heavy atom. The molecule has 7 nitrogen and oxygen atoms in total. The third-order valence-electron chi connectivity index (χ3n) is 4.52. The standard InChI is InChI=1S/C19H19N3O4/c1-20-18(24)16-10-13(19(25)26)9-14(21-16)6-5-12-3-2-4-17-15(12)7-8-22(17)11-23/h2-4,9-11H,5-8H2,1H3,(H,20,24)(H,25,26). The highest BCUT2D eigenvalue weighted by Gasteiger charge is 2.21. The van der Waals surface area contributed by atoms with E-state index >= 15 is 0 Å². The number of carbonyl (C=O) groups is 3. The Hall–Kier alpha value is -3.22. The highest BCUT2D eigenvalue weighted by atomic mass is 16.4. The first-order chi connectivity index (χ1) is 12.5. The van der Waals surface area contributed by atoms with Crippen molar-refractivity contribution in [2.45, 2.75) is 19.3 Å². The molecular weight excluding hydrogens is 334 g/mol.